The Morgan fingerprint density at radius 2 is 2.20 bits per heavy atom. The first-order chi connectivity index (χ1) is 9.31. The number of nitro groups is 1. The number of aromatic nitrogens is 1. The molecule has 0 fully saturated rings. The number of nitro benzene ring substituents is 1. The molecule has 0 aliphatic rings. The zero-order valence-electron chi connectivity index (χ0n) is 10.7. The first-order valence-electron chi connectivity index (χ1n) is 5.63. The molecule has 0 spiro atoms. The third-order valence-corrected chi connectivity index (χ3v) is 4.35. The number of hydrogen-bond donors (Lipinski definition) is 1. The van der Waals surface area contributed by atoms with E-state index in [1.807, 2.05) is 19.2 Å². The van der Waals surface area contributed by atoms with Crippen LogP contribution in [0.3, 0.4) is 0 Å². The van der Waals surface area contributed by atoms with Gasteiger partial charge in [-0.05, 0) is 29.8 Å². The summed E-state index contributed by atoms with van der Waals surface area (Å²) in [7, 11) is 0. The topological polar surface area (TPSA) is 68.1 Å². The molecule has 0 amide bonds. The fourth-order valence-corrected chi connectivity index (χ4v) is 2.76. The summed E-state index contributed by atoms with van der Waals surface area (Å²) in [6.07, 6.45) is 1.65. The summed E-state index contributed by atoms with van der Waals surface area (Å²) in [4.78, 5) is 14.7. The predicted molar refractivity (Wildman–Crippen MR) is 79.5 cm³/mol. The van der Waals surface area contributed by atoms with Crippen LogP contribution in [0.2, 0.25) is 0 Å². The zero-order chi connectivity index (χ0) is 14.9. The lowest BCUT2D eigenvalue weighted by Gasteiger charge is -2.25. The van der Waals surface area contributed by atoms with Crippen molar-refractivity contribution in [2.24, 2.45) is 0 Å². The molecule has 1 aromatic carbocycles. The Morgan fingerprint density at radius 3 is 2.75 bits per heavy atom. The van der Waals surface area contributed by atoms with Crippen molar-refractivity contribution in [1.29, 1.82) is 0 Å². The predicted octanol–water partition coefficient (Wildman–Crippen LogP) is 4.30. The van der Waals surface area contributed by atoms with Crippen molar-refractivity contribution in [3.8, 4) is 0 Å². The number of nitrogens with zero attached hydrogens (tertiary/aromatic N) is 2. The molecule has 1 heterocycles. The van der Waals surface area contributed by atoms with Crippen LogP contribution in [0.25, 0.3) is 0 Å². The van der Waals surface area contributed by atoms with E-state index in [-0.39, 0.29) is 15.8 Å². The van der Waals surface area contributed by atoms with Gasteiger partial charge in [0.05, 0.1) is 14.9 Å². The SMILES string of the molecule is CC(C)(Nc1cc(F)c(Br)cc1[N+](=O)[O-])c1nccs1. The van der Waals surface area contributed by atoms with E-state index in [1.165, 1.54) is 11.3 Å². The van der Waals surface area contributed by atoms with Gasteiger partial charge in [0.2, 0.25) is 0 Å². The third kappa shape index (κ3) is 2.96. The number of nitrogens with one attached hydrogen (secondary N) is 1. The molecule has 0 aliphatic heterocycles. The fourth-order valence-electron chi connectivity index (χ4n) is 1.71. The Morgan fingerprint density at radius 1 is 1.50 bits per heavy atom. The van der Waals surface area contributed by atoms with E-state index in [9.17, 15) is 14.5 Å². The van der Waals surface area contributed by atoms with E-state index in [1.54, 1.807) is 6.20 Å². The Labute approximate surface area is 127 Å². The summed E-state index contributed by atoms with van der Waals surface area (Å²) in [5.41, 5.74) is -0.710. The Balaban J connectivity index is 2.43. The van der Waals surface area contributed by atoms with Gasteiger partial charge in [0, 0.05) is 23.7 Å². The number of anilines is 1. The fraction of sp³-hybridized carbons (Fsp3) is 0.250. The highest BCUT2D eigenvalue weighted by molar-refractivity contribution is 9.10. The Bertz CT molecular complexity index is 646. The molecule has 106 valence electrons. The lowest BCUT2D eigenvalue weighted by atomic mass is 10.1. The second-order valence-electron chi connectivity index (χ2n) is 4.63. The monoisotopic (exact) mass is 359 g/mol. The summed E-state index contributed by atoms with van der Waals surface area (Å²) >= 11 is 4.37. The average Bonchev–Trinajstić information content (AvgIpc) is 2.87. The standard InChI is InChI=1S/C12H11BrFN3O2S/c1-12(2,11-15-3-4-20-11)16-9-6-8(14)7(13)5-10(9)17(18)19/h3-6,16H,1-2H3. The highest BCUT2D eigenvalue weighted by atomic mass is 79.9. The third-order valence-electron chi connectivity index (χ3n) is 2.65. The van der Waals surface area contributed by atoms with Crippen LogP contribution >= 0.6 is 27.3 Å². The first kappa shape index (κ1) is 14.9. The van der Waals surface area contributed by atoms with Gasteiger partial charge >= 0.3 is 0 Å². The van der Waals surface area contributed by atoms with Crippen LogP contribution in [-0.2, 0) is 5.54 Å². The van der Waals surface area contributed by atoms with Crippen LogP contribution in [0.4, 0.5) is 15.8 Å². The minimum atomic E-state index is -0.640. The van der Waals surface area contributed by atoms with Crippen molar-refractivity contribution in [2.45, 2.75) is 19.4 Å². The summed E-state index contributed by atoms with van der Waals surface area (Å²) in [5.74, 6) is -0.562. The summed E-state index contributed by atoms with van der Waals surface area (Å²) in [5, 5.41) is 16.6. The van der Waals surface area contributed by atoms with Crippen LogP contribution < -0.4 is 5.32 Å². The van der Waals surface area contributed by atoms with Crippen molar-refractivity contribution in [3.63, 3.8) is 0 Å². The minimum absolute atomic E-state index is 0.0572. The molecule has 0 aliphatic carbocycles. The number of rotatable bonds is 4. The van der Waals surface area contributed by atoms with E-state index in [0.29, 0.717) is 0 Å². The van der Waals surface area contributed by atoms with E-state index in [0.717, 1.165) is 17.1 Å². The summed E-state index contributed by atoms with van der Waals surface area (Å²) in [6, 6.07) is 2.26. The van der Waals surface area contributed by atoms with E-state index in [2.05, 4.69) is 26.2 Å². The molecule has 20 heavy (non-hydrogen) atoms. The molecule has 5 nitrogen and oxygen atoms in total. The van der Waals surface area contributed by atoms with Crippen LogP contribution in [-0.4, -0.2) is 9.91 Å². The van der Waals surface area contributed by atoms with Crippen LogP contribution in [0.15, 0.2) is 28.2 Å². The second kappa shape index (κ2) is 5.45. The average molecular weight is 360 g/mol. The van der Waals surface area contributed by atoms with E-state index >= 15 is 0 Å². The molecular formula is C12H11BrFN3O2S. The van der Waals surface area contributed by atoms with Crippen molar-refractivity contribution < 1.29 is 9.31 Å². The molecule has 0 saturated heterocycles. The van der Waals surface area contributed by atoms with Gasteiger partial charge in [-0.15, -0.1) is 11.3 Å². The summed E-state index contributed by atoms with van der Waals surface area (Å²) < 4.78 is 13.7. The molecule has 1 N–H and O–H groups in total. The van der Waals surface area contributed by atoms with Crippen molar-refractivity contribution in [2.75, 3.05) is 5.32 Å². The molecule has 0 radical (unpaired) electrons. The highest BCUT2D eigenvalue weighted by Gasteiger charge is 2.27. The lowest BCUT2D eigenvalue weighted by Crippen LogP contribution is -2.28. The zero-order valence-corrected chi connectivity index (χ0v) is 13.1. The molecule has 2 rings (SSSR count). The normalized spacial score (nSPS) is 11.4. The van der Waals surface area contributed by atoms with E-state index in [4.69, 9.17) is 0 Å². The van der Waals surface area contributed by atoms with Crippen LogP contribution in [0, 0.1) is 15.9 Å². The molecule has 8 heteroatoms. The summed E-state index contributed by atoms with van der Waals surface area (Å²) in [6.45, 7) is 3.66. The van der Waals surface area contributed by atoms with Gasteiger partial charge in [0.15, 0.2) is 0 Å². The molecule has 2 aromatic rings. The maximum Gasteiger partial charge on any atom is 0.293 e. The van der Waals surface area contributed by atoms with Crippen LogP contribution in [0.1, 0.15) is 18.9 Å². The Hall–Kier alpha value is -1.54. The van der Waals surface area contributed by atoms with Crippen molar-refractivity contribution in [3.05, 3.63) is 49.1 Å². The van der Waals surface area contributed by atoms with Crippen LogP contribution in [0.5, 0.6) is 0 Å². The largest absolute Gasteiger partial charge is 0.368 e. The van der Waals surface area contributed by atoms with Gasteiger partial charge < -0.3 is 5.32 Å². The van der Waals surface area contributed by atoms with E-state index < -0.39 is 16.3 Å². The highest BCUT2D eigenvalue weighted by Crippen LogP contribution is 2.35. The quantitative estimate of drug-likeness (QED) is 0.652. The molecule has 1 aromatic heterocycles. The maximum atomic E-state index is 13.6. The molecule has 0 atom stereocenters. The lowest BCUT2D eigenvalue weighted by molar-refractivity contribution is -0.384. The van der Waals surface area contributed by atoms with Crippen molar-refractivity contribution in [1.82, 2.24) is 4.98 Å². The number of benzene rings is 1. The number of hydrogen-bond acceptors (Lipinski definition) is 5. The molecule has 0 unspecified atom stereocenters. The Kier molecular flexibility index (Phi) is 4.05. The number of thiazole rings is 1. The molecule has 0 saturated carbocycles. The van der Waals surface area contributed by atoms with Gasteiger partial charge in [0.25, 0.3) is 5.69 Å². The molecule has 0 bridgehead atoms. The smallest absolute Gasteiger partial charge is 0.293 e. The van der Waals surface area contributed by atoms with Gasteiger partial charge in [0.1, 0.15) is 16.5 Å². The van der Waals surface area contributed by atoms with Gasteiger partial charge in [-0.1, -0.05) is 0 Å². The van der Waals surface area contributed by atoms with Gasteiger partial charge in [-0.25, -0.2) is 9.37 Å². The second-order valence-corrected chi connectivity index (χ2v) is 6.38. The first-order valence-corrected chi connectivity index (χ1v) is 7.30. The number of halogens is 2. The minimum Gasteiger partial charge on any atom is -0.368 e. The van der Waals surface area contributed by atoms with Gasteiger partial charge in [-0.3, -0.25) is 10.1 Å². The molecular weight excluding hydrogens is 349 g/mol. The van der Waals surface area contributed by atoms with Gasteiger partial charge in [-0.2, -0.15) is 0 Å². The van der Waals surface area contributed by atoms with Crippen molar-refractivity contribution >= 4 is 38.6 Å². The maximum absolute atomic E-state index is 13.6.